The Morgan fingerprint density at radius 3 is 2.59 bits per heavy atom. The second kappa shape index (κ2) is 5.69. The van der Waals surface area contributed by atoms with E-state index in [2.05, 4.69) is 9.97 Å². The van der Waals surface area contributed by atoms with Crippen molar-refractivity contribution in [3.63, 3.8) is 0 Å². The van der Waals surface area contributed by atoms with Crippen molar-refractivity contribution in [2.24, 2.45) is 5.73 Å². The van der Waals surface area contributed by atoms with Crippen molar-refractivity contribution in [3.05, 3.63) is 58.9 Å². The molecule has 0 saturated heterocycles. The van der Waals surface area contributed by atoms with Gasteiger partial charge in [-0.3, -0.25) is 9.59 Å². The highest BCUT2D eigenvalue weighted by Crippen LogP contribution is 2.20. The summed E-state index contributed by atoms with van der Waals surface area (Å²) in [6.45, 7) is -0.176. The van der Waals surface area contributed by atoms with Crippen molar-refractivity contribution >= 4 is 16.8 Å². The maximum absolute atomic E-state index is 12.0. The number of nitrogens with zero attached hydrogens (tertiary/aromatic N) is 1. The Bertz CT molecular complexity index is 885. The molecule has 110 valence electrons. The Balaban J connectivity index is 1.94. The van der Waals surface area contributed by atoms with Crippen molar-refractivity contribution in [3.8, 4) is 17.1 Å². The number of primary amides is 1. The van der Waals surface area contributed by atoms with E-state index in [1.807, 2.05) is 6.07 Å². The number of fused-ring (bicyclic) bond motifs is 1. The van der Waals surface area contributed by atoms with Gasteiger partial charge in [-0.15, -0.1) is 0 Å². The van der Waals surface area contributed by atoms with Crippen LogP contribution in [0.1, 0.15) is 0 Å². The van der Waals surface area contributed by atoms with Crippen LogP contribution in [-0.4, -0.2) is 22.5 Å². The summed E-state index contributed by atoms with van der Waals surface area (Å²) in [5.74, 6) is 0.459. The molecule has 0 saturated carbocycles. The van der Waals surface area contributed by atoms with Gasteiger partial charge in [0.2, 0.25) is 0 Å². The molecule has 3 N–H and O–H groups in total. The molecule has 0 spiro atoms. The zero-order chi connectivity index (χ0) is 15.5. The van der Waals surface area contributed by atoms with Crippen LogP contribution >= 0.6 is 0 Å². The fourth-order valence-electron chi connectivity index (χ4n) is 2.09. The summed E-state index contributed by atoms with van der Waals surface area (Å²) in [7, 11) is 0. The molecule has 0 aliphatic heterocycles. The molecule has 1 amide bonds. The number of rotatable bonds is 4. The molecule has 0 aliphatic carbocycles. The first-order valence-corrected chi connectivity index (χ1v) is 6.64. The normalized spacial score (nSPS) is 10.5. The second-order valence-corrected chi connectivity index (χ2v) is 4.71. The number of para-hydroxylation sites is 1. The van der Waals surface area contributed by atoms with Crippen LogP contribution in [0.2, 0.25) is 0 Å². The highest BCUT2D eigenvalue weighted by atomic mass is 16.5. The third-order valence-electron chi connectivity index (χ3n) is 3.12. The molecule has 0 radical (unpaired) electrons. The fourth-order valence-corrected chi connectivity index (χ4v) is 2.09. The summed E-state index contributed by atoms with van der Waals surface area (Å²) < 4.78 is 5.19. The van der Waals surface area contributed by atoms with Crippen molar-refractivity contribution in [2.45, 2.75) is 0 Å². The number of hydrogen-bond acceptors (Lipinski definition) is 4. The molecule has 6 heteroatoms. The maximum atomic E-state index is 12.0. The molecule has 2 aromatic carbocycles. The predicted molar refractivity (Wildman–Crippen MR) is 82.5 cm³/mol. The number of aromatic nitrogens is 2. The van der Waals surface area contributed by atoms with Crippen LogP contribution in [0, 0.1) is 0 Å². The molecule has 0 aliphatic rings. The number of amides is 1. The molecular formula is C16H13N3O3. The van der Waals surface area contributed by atoms with Gasteiger partial charge in [-0.1, -0.05) is 12.1 Å². The molecule has 6 nitrogen and oxygen atoms in total. The molecule has 1 aromatic heterocycles. The van der Waals surface area contributed by atoms with E-state index < -0.39 is 5.91 Å². The molecule has 0 fully saturated rings. The van der Waals surface area contributed by atoms with Gasteiger partial charge >= 0.3 is 0 Å². The molecular weight excluding hydrogens is 282 g/mol. The molecule has 0 bridgehead atoms. The van der Waals surface area contributed by atoms with E-state index in [9.17, 15) is 9.59 Å². The average molecular weight is 295 g/mol. The lowest BCUT2D eigenvalue weighted by atomic mass is 10.2. The summed E-state index contributed by atoms with van der Waals surface area (Å²) >= 11 is 0. The number of nitrogens with one attached hydrogen (secondary N) is 1. The minimum Gasteiger partial charge on any atom is -0.484 e. The van der Waals surface area contributed by atoms with Gasteiger partial charge in [0, 0.05) is 5.56 Å². The number of H-pyrrole nitrogens is 1. The molecule has 0 atom stereocenters. The SMILES string of the molecule is NC(=O)COc1ccc(-c2nc3ccccc3c(=O)[nH]2)cc1. The van der Waals surface area contributed by atoms with Gasteiger partial charge in [0.1, 0.15) is 11.6 Å². The number of aromatic amines is 1. The highest BCUT2D eigenvalue weighted by Gasteiger charge is 2.06. The minimum absolute atomic E-state index is 0.176. The number of carbonyl (C=O) groups excluding carboxylic acids is 1. The van der Waals surface area contributed by atoms with Crippen LogP contribution in [0.15, 0.2) is 53.3 Å². The number of carbonyl (C=O) groups is 1. The predicted octanol–water partition coefficient (Wildman–Crippen LogP) is 1.45. The maximum Gasteiger partial charge on any atom is 0.259 e. The molecule has 1 heterocycles. The van der Waals surface area contributed by atoms with Crippen molar-refractivity contribution in [1.82, 2.24) is 9.97 Å². The third kappa shape index (κ3) is 2.80. The van der Waals surface area contributed by atoms with Gasteiger partial charge in [-0.25, -0.2) is 4.98 Å². The van der Waals surface area contributed by atoms with Gasteiger partial charge in [0.25, 0.3) is 11.5 Å². The quantitative estimate of drug-likeness (QED) is 0.761. The first kappa shape index (κ1) is 13.8. The Morgan fingerprint density at radius 1 is 1.14 bits per heavy atom. The van der Waals surface area contributed by atoms with Gasteiger partial charge < -0.3 is 15.5 Å². The van der Waals surface area contributed by atoms with E-state index >= 15 is 0 Å². The molecule has 3 rings (SSSR count). The lowest BCUT2D eigenvalue weighted by molar-refractivity contribution is -0.119. The average Bonchev–Trinajstić information content (AvgIpc) is 2.53. The van der Waals surface area contributed by atoms with E-state index in [0.29, 0.717) is 22.5 Å². The summed E-state index contributed by atoms with van der Waals surface area (Å²) in [6.07, 6.45) is 0. The van der Waals surface area contributed by atoms with Crippen molar-refractivity contribution in [1.29, 1.82) is 0 Å². The van der Waals surface area contributed by atoms with E-state index in [1.54, 1.807) is 42.5 Å². The van der Waals surface area contributed by atoms with E-state index in [4.69, 9.17) is 10.5 Å². The summed E-state index contributed by atoms with van der Waals surface area (Å²) in [4.78, 5) is 29.9. The van der Waals surface area contributed by atoms with E-state index in [0.717, 1.165) is 5.56 Å². The van der Waals surface area contributed by atoms with Gasteiger partial charge in [0.15, 0.2) is 6.61 Å². The van der Waals surface area contributed by atoms with Gasteiger partial charge in [-0.05, 0) is 36.4 Å². The molecule has 3 aromatic rings. The Labute approximate surface area is 125 Å². The highest BCUT2D eigenvalue weighted by molar-refractivity contribution is 5.79. The zero-order valence-corrected chi connectivity index (χ0v) is 11.6. The smallest absolute Gasteiger partial charge is 0.259 e. The molecule has 22 heavy (non-hydrogen) atoms. The molecule has 0 unspecified atom stereocenters. The van der Waals surface area contributed by atoms with E-state index in [1.165, 1.54) is 0 Å². The fraction of sp³-hybridized carbons (Fsp3) is 0.0625. The number of nitrogens with two attached hydrogens (primary N) is 1. The minimum atomic E-state index is -0.537. The van der Waals surface area contributed by atoms with Crippen LogP contribution < -0.4 is 16.0 Å². The van der Waals surface area contributed by atoms with Crippen LogP contribution in [0.4, 0.5) is 0 Å². The number of hydrogen-bond donors (Lipinski definition) is 2. The topological polar surface area (TPSA) is 98.1 Å². The lowest BCUT2D eigenvalue weighted by Gasteiger charge is -2.06. The van der Waals surface area contributed by atoms with Crippen LogP contribution in [-0.2, 0) is 4.79 Å². The van der Waals surface area contributed by atoms with Crippen LogP contribution in [0.5, 0.6) is 5.75 Å². The van der Waals surface area contributed by atoms with Gasteiger partial charge in [0.05, 0.1) is 10.9 Å². The monoisotopic (exact) mass is 295 g/mol. The summed E-state index contributed by atoms with van der Waals surface area (Å²) in [5, 5.41) is 0.549. The van der Waals surface area contributed by atoms with Crippen LogP contribution in [0.3, 0.4) is 0 Å². The second-order valence-electron chi connectivity index (χ2n) is 4.71. The zero-order valence-electron chi connectivity index (χ0n) is 11.6. The summed E-state index contributed by atoms with van der Waals surface area (Å²) in [5.41, 5.74) is 6.21. The van der Waals surface area contributed by atoms with Gasteiger partial charge in [-0.2, -0.15) is 0 Å². The Kier molecular flexibility index (Phi) is 3.57. The first-order chi connectivity index (χ1) is 10.6. The Hall–Kier alpha value is -3.15. The van der Waals surface area contributed by atoms with Crippen LogP contribution in [0.25, 0.3) is 22.3 Å². The lowest BCUT2D eigenvalue weighted by Crippen LogP contribution is -2.19. The van der Waals surface area contributed by atoms with Crippen molar-refractivity contribution < 1.29 is 9.53 Å². The first-order valence-electron chi connectivity index (χ1n) is 6.64. The summed E-state index contributed by atoms with van der Waals surface area (Å²) in [6, 6.07) is 14.0. The largest absolute Gasteiger partial charge is 0.484 e. The Morgan fingerprint density at radius 2 is 1.86 bits per heavy atom. The number of benzene rings is 2. The number of ether oxygens (including phenoxy) is 1. The van der Waals surface area contributed by atoms with E-state index in [-0.39, 0.29) is 12.2 Å². The van der Waals surface area contributed by atoms with Crippen molar-refractivity contribution in [2.75, 3.05) is 6.61 Å². The third-order valence-corrected chi connectivity index (χ3v) is 3.12. The standard InChI is InChI=1S/C16H13N3O3/c17-14(20)9-22-11-7-5-10(6-8-11)15-18-13-4-2-1-3-12(13)16(21)19-15/h1-8H,9H2,(H2,17,20)(H,18,19,21).